The molecule has 0 radical (unpaired) electrons. The van der Waals surface area contributed by atoms with Gasteiger partial charge in [-0.05, 0) is 72.9 Å². The van der Waals surface area contributed by atoms with Crippen LogP contribution < -0.4 is 4.74 Å². The summed E-state index contributed by atoms with van der Waals surface area (Å²) >= 11 is 0. The summed E-state index contributed by atoms with van der Waals surface area (Å²) in [6, 6.07) is 6.31. The average molecular weight is 369 g/mol. The Bertz CT molecular complexity index is 823. The Hall–Kier alpha value is -1.32. The number of benzene rings is 1. The van der Waals surface area contributed by atoms with Crippen LogP contribution in [-0.4, -0.2) is 20.3 Å². The van der Waals surface area contributed by atoms with Gasteiger partial charge in [0.25, 0.3) is 0 Å². The summed E-state index contributed by atoms with van der Waals surface area (Å²) in [5, 5.41) is 12.7. The molecule has 3 aliphatic carbocycles. The SMILES string of the molecule is COc1ccc2c(c1)[C@H](O)CC1=C(C)C(C3CC3)=C([Si](C)(C)C)C[C@@]12C. The van der Waals surface area contributed by atoms with E-state index in [4.69, 9.17) is 4.74 Å². The van der Waals surface area contributed by atoms with Gasteiger partial charge in [0, 0.05) is 5.41 Å². The summed E-state index contributed by atoms with van der Waals surface area (Å²) in [4.78, 5) is 0. The number of aliphatic hydroxyl groups is 1. The normalized spacial score (nSPS) is 28.8. The fraction of sp³-hybridized carbons (Fsp3) is 0.565. The maximum Gasteiger partial charge on any atom is 0.119 e. The highest BCUT2D eigenvalue weighted by atomic mass is 28.3. The Morgan fingerprint density at radius 1 is 1.19 bits per heavy atom. The van der Waals surface area contributed by atoms with E-state index in [-0.39, 0.29) is 5.41 Å². The van der Waals surface area contributed by atoms with Crippen LogP contribution in [0, 0.1) is 5.92 Å². The smallest absolute Gasteiger partial charge is 0.119 e. The minimum absolute atomic E-state index is 0.0128. The van der Waals surface area contributed by atoms with Crippen LogP contribution in [0.25, 0.3) is 0 Å². The second-order valence-electron chi connectivity index (χ2n) is 9.70. The summed E-state index contributed by atoms with van der Waals surface area (Å²) in [5.74, 6) is 1.62. The van der Waals surface area contributed by atoms with Crippen LogP contribution in [-0.2, 0) is 5.41 Å². The lowest BCUT2D eigenvalue weighted by Crippen LogP contribution is -2.41. The molecule has 0 bridgehead atoms. The van der Waals surface area contributed by atoms with Crippen molar-refractivity contribution in [3.63, 3.8) is 0 Å². The fourth-order valence-corrected chi connectivity index (χ4v) is 7.42. The van der Waals surface area contributed by atoms with Gasteiger partial charge in [-0.2, -0.15) is 0 Å². The van der Waals surface area contributed by atoms with Crippen LogP contribution >= 0.6 is 0 Å². The highest BCUT2D eigenvalue weighted by Crippen LogP contribution is 2.58. The van der Waals surface area contributed by atoms with Crippen molar-refractivity contribution in [2.45, 2.75) is 70.7 Å². The Morgan fingerprint density at radius 3 is 2.46 bits per heavy atom. The molecule has 1 aromatic carbocycles. The lowest BCUT2D eigenvalue weighted by molar-refractivity contribution is 0.160. The molecule has 1 saturated carbocycles. The predicted molar refractivity (Wildman–Crippen MR) is 110 cm³/mol. The molecular weight excluding hydrogens is 336 g/mol. The molecule has 3 heteroatoms. The number of allylic oxidation sites excluding steroid dienone is 3. The van der Waals surface area contributed by atoms with E-state index in [2.05, 4.69) is 45.6 Å². The van der Waals surface area contributed by atoms with E-state index in [1.807, 2.05) is 6.07 Å². The monoisotopic (exact) mass is 368 g/mol. The predicted octanol–water partition coefficient (Wildman–Crippen LogP) is 5.69. The van der Waals surface area contributed by atoms with E-state index in [9.17, 15) is 5.11 Å². The molecule has 1 N–H and O–H groups in total. The van der Waals surface area contributed by atoms with Gasteiger partial charge in [-0.1, -0.05) is 43.4 Å². The number of aliphatic hydroxyl groups excluding tert-OH is 1. The number of fused-ring (bicyclic) bond motifs is 3. The first-order chi connectivity index (χ1) is 12.2. The molecule has 140 valence electrons. The van der Waals surface area contributed by atoms with Crippen LogP contribution in [0.15, 0.2) is 40.1 Å². The molecule has 0 amide bonds. The van der Waals surface area contributed by atoms with Crippen molar-refractivity contribution in [2.24, 2.45) is 5.92 Å². The first kappa shape index (κ1) is 18.1. The Labute approximate surface area is 159 Å². The van der Waals surface area contributed by atoms with Gasteiger partial charge < -0.3 is 9.84 Å². The van der Waals surface area contributed by atoms with Crippen molar-refractivity contribution < 1.29 is 9.84 Å². The Kier molecular flexibility index (Phi) is 4.05. The second kappa shape index (κ2) is 5.84. The zero-order valence-electron chi connectivity index (χ0n) is 17.1. The molecule has 1 aromatic rings. The largest absolute Gasteiger partial charge is 0.497 e. The molecule has 3 aliphatic rings. The van der Waals surface area contributed by atoms with Crippen molar-refractivity contribution in [3.8, 4) is 5.75 Å². The van der Waals surface area contributed by atoms with Crippen molar-refractivity contribution in [2.75, 3.05) is 7.11 Å². The highest BCUT2D eigenvalue weighted by Gasteiger charge is 2.48. The first-order valence-corrected chi connectivity index (χ1v) is 13.5. The summed E-state index contributed by atoms with van der Waals surface area (Å²) in [5.41, 5.74) is 7.04. The van der Waals surface area contributed by atoms with Crippen molar-refractivity contribution in [3.05, 3.63) is 51.2 Å². The summed E-state index contributed by atoms with van der Waals surface area (Å²) < 4.78 is 5.43. The maximum absolute atomic E-state index is 10.9. The number of methoxy groups -OCH3 is 1. The van der Waals surface area contributed by atoms with Gasteiger partial charge in [-0.3, -0.25) is 0 Å². The Morgan fingerprint density at radius 2 is 1.88 bits per heavy atom. The molecule has 0 aromatic heterocycles. The van der Waals surface area contributed by atoms with E-state index in [1.54, 1.807) is 17.9 Å². The van der Waals surface area contributed by atoms with Gasteiger partial charge >= 0.3 is 0 Å². The molecule has 4 rings (SSSR count). The third kappa shape index (κ3) is 2.63. The van der Waals surface area contributed by atoms with Gasteiger partial charge in [0.05, 0.1) is 21.3 Å². The summed E-state index contributed by atoms with van der Waals surface area (Å²) in [6.45, 7) is 12.2. The molecule has 0 saturated heterocycles. The maximum atomic E-state index is 10.9. The molecule has 0 unspecified atom stereocenters. The number of hydrogen-bond donors (Lipinski definition) is 1. The quantitative estimate of drug-likeness (QED) is 0.694. The van der Waals surface area contributed by atoms with Crippen molar-refractivity contribution in [1.82, 2.24) is 0 Å². The minimum Gasteiger partial charge on any atom is -0.497 e. The van der Waals surface area contributed by atoms with E-state index >= 15 is 0 Å². The van der Waals surface area contributed by atoms with Crippen LogP contribution in [0.2, 0.25) is 19.6 Å². The summed E-state index contributed by atoms with van der Waals surface area (Å²) in [6.07, 6.45) is 4.17. The number of ether oxygens (including phenoxy) is 1. The fourth-order valence-electron chi connectivity index (χ4n) is 5.34. The second-order valence-corrected chi connectivity index (χ2v) is 14.8. The molecule has 2 atom stereocenters. The molecule has 26 heavy (non-hydrogen) atoms. The number of hydrogen-bond acceptors (Lipinski definition) is 2. The number of rotatable bonds is 3. The standard InChI is InChI=1S/C23H32O2Si/c1-14-19-12-20(24)17-11-16(25-3)9-10-18(17)23(19,2)13-21(26(4,5)6)22(14)15-7-8-15/h9-11,15,20,24H,7-8,12-13H2,1-6H3/t20-,23-/m1/s1. The van der Waals surface area contributed by atoms with Gasteiger partial charge in [-0.25, -0.2) is 0 Å². The van der Waals surface area contributed by atoms with Crippen molar-refractivity contribution in [1.29, 1.82) is 0 Å². The van der Waals surface area contributed by atoms with Crippen LogP contribution in [0.1, 0.15) is 56.8 Å². The third-order valence-electron chi connectivity index (χ3n) is 6.88. The first-order valence-electron chi connectivity index (χ1n) is 9.97. The Balaban J connectivity index is 1.93. The molecule has 2 nitrogen and oxygen atoms in total. The molecule has 1 fully saturated rings. The topological polar surface area (TPSA) is 29.5 Å². The van der Waals surface area contributed by atoms with Gasteiger partial charge in [-0.15, -0.1) is 0 Å². The van der Waals surface area contributed by atoms with E-state index in [0.717, 1.165) is 30.1 Å². The molecule has 0 spiro atoms. The lowest BCUT2D eigenvalue weighted by atomic mass is 9.61. The zero-order valence-corrected chi connectivity index (χ0v) is 18.1. The molecule has 0 heterocycles. The summed E-state index contributed by atoms with van der Waals surface area (Å²) in [7, 11) is 0.292. The van der Waals surface area contributed by atoms with Crippen LogP contribution in [0.3, 0.4) is 0 Å². The average Bonchev–Trinajstić information content (AvgIpc) is 3.40. The van der Waals surface area contributed by atoms with Gasteiger partial charge in [0.15, 0.2) is 0 Å². The van der Waals surface area contributed by atoms with Gasteiger partial charge in [0.2, 0.25) is 0 Å². The zero-order chi connectivity index (χ0) is 18.9. The lowest BCUT2D eigenvalue weighted by Gasteiger charge is -2.48. The van der Waals surface area contributed by atoms with E-state index < -0.39 is 14.2 Å². The van der Waals surface area contributed by atoms with E-state index in [0.29, 0.717) is 0 Å². The van der Waals surface area contributed by atoms with Crippen LogP contribution in [0.5, 0.6) is 5.75 Å². The van der Waals surface area contributed by atoms with Crippen molar-refractivity contribution >= 4 is 8.07 Å². The molecular formula is C23H32O2Si. The van der Waals surface area contributed by atoms with Gasteiger partial charge in [0.1, 0.15) is 5.75 Å². The minimum atomic E-state index is -1.41. The van der Waals surface area contributed by atoms with Crippen LogP contribution in [0.4, 0.5) is 0 Å². The van der Waals surface area contributed by atoms with E-state index in [1.165, 1.54) is 29.6 Å². The third-order valence-corrected chi connectivity index (χ3v) is 9.14. The molecule has 0 aliphatic heterocycles. The highest BCUT2D eigenvalue weighted by molar-refractivity contribution is 6.83.